The van der Waals surface area contributed by atoms with E-state index in [0.29, 0.717) is 24.0 Å². The highest BCUT2D eigenvalue weighted by atomic mass is 32.1. The number of hydrogen-bond acceptors (Lipinski definition) is 7. The molecule has 1 aliphatic rings. The number of rotatable bonds is 2. The first-order chi connectivity index (χ1) is 8.75. The molecule has 3 rings (SSSR count). The minimum atomic E-state index is -0.117. The Balaban J connectivity index is 1.85. The Bertz CT molecular complexity index is 552. The molecule has 0 aromatic carbocycles. The van der Waals surface area contributed by atoms with Gasteiger partial charge in [-0.25, -0.2) is 0 Å². The SMILES string of the molecule is Cc1nc([C@@H]2CCCN2C(=O)c2csnn2)no1. The van der Waals surface area contributed by atoms with Gasteiger partial charge in [-0.2, -0.15) is 4.98 Å². The van der Waals surface area contributed by atoms with E-state index in [9.17, 15) is 4.79 Å². The zero-order valence-corrected chi connectivity index (χ0v) is 10.6. The van der Waals surface area contributed by atoms with Gasteiger partial charge in [-0.1, -0.05) is 9.64 Å². The van der Waals surface area contributed by atoms with Crippen molar-refractivity contribution >= 4 is 17.4 Å². The Morgan fingerprint density at radius 3 is 3.17 bits per heavy atom. The Labute approximate surface area is 107 Å². The summed E-state index contributed by atoms with van der Waals surface area (Å²) in [7, 11) is 0. The number of carbonyl (C=O) groups excluding carboxylic acids is 1. The van der Waals surface area contributed by atoms with Crippen LogP contribution in [0.15, 0.2) is 9.90 Å². The van der Waals surface area contributed by atoms with Crippen LogP contribution >= 0.6 is 11.5 Å². The van der Waals surface area contributed by atoms with Crippen molar-refractivity contribution in [2.75, 3.05) is 6.54 Å². The number of aryl methyl sites for hydroxylation is 1. The summed E-state index contributed by atoms with van der Waals surface area (Å²) >= 11 is 1.17. The number of likely N-dealkylation sites (tertiary alicyclic amines) is 1. The topological polar surface area (TPSA) is 85.0 Å². The average Bonchev–Trinajstić information content (AvgIpc) is 3.09. The van der Waals surface area contributed by atoms with E-state index in [1.165, 1.54) is 11.5 Å². The predicted molar refractivity (Wildman–Crippen MR) is 62.0 cm³/mol. The molecule has 3 heterocycles. The Kier molecular flexibility index (Phi) is 2.78. The van der Waals surface area contributed by atoms with Crippen LogP contribution in [-0.2, 0) is 0 Å². The molecule has 2 aromatic rings. The van der Waals surface area contributed by atoms with E-state index in [4.69, 9.17) is 4.52 Å². The van der Waals surface area contributed by atoms with Crippen LogP contribution in [0.3, 0.4) is 0 Å². The fraction of sp³-hybridized carbons (Fsp3) is 0.500. The molecule has 1 fully saturated rings. The van der Waals surface area contributed by atoms with Gasteiger partial charge in [0.15, 0.2) is 11.5 Å². The number of amides is 1. The molecule has 7 nitrogen and oxygen atoms in total. The largest absolute Gasteiger partial charge is 0.340 e. The summed E-state index contributed by atoms with van der Waals surface area (Å²) in [5, 5.41) is 9.36. The van der Waals surface area contributed by atoms with Gasteiger partial charge in [0.2, 0.25) is 5.89 Å². The van der Waals surface area contributed by atoms with E-state index in [-0.39, 0.29) is 11.9 Å². The fourth-order valence-corrected chi connectivity index (χ4v) is 2.56. The lowest BCUT2D eigenvalue weighted by molar-refractivity contribution is 0.0722. The molecule has 0 N–H and O–H groups in total. The van der Waals surface area contributed by atoms with Crippen molar-refractivity contribution in [1.29, 1.82) is 0 Å². The molecular weight excluding hydrogens is 254 g/mol. The van der Waals surface area contributed by atoms with E-state index in [1.807, 2.05) is 0 Å². The van der Waals surface area contributed by atoms with Gasteiger partial charge < -0.3 is 9.42 Å². The van der Waals surface area contributed by atoms with Crippen LogP contribution in [0, 0.1) is 6.92 Å². The van der Waals surface area contributed by atoms with Gasteiger partial charge in [-0.15, -0.1) is 5.10 Å². The second-order valence-electron chi connectivity index (χ2n) is 4.12. The lowest BCUT2D eigenvalue weighted by Crippen LogP contribution is -2.31. The molecule has 0 bridgehead atoms. The molecule has 0 spiro atoms. The van der Waals surface area contributed by atoms with Gasteiger partial charge in [-0.05, 0) is 24.4 Å². The minimum Gasteiger partial charge on any atom is -0.340 e. The number of aromatic nitrogens is 4. The number of carbonyl (C=O) groups is 1. The molecule has 8 heteroatoms. The third-order valence-electron chi connectivity index (χ3n) is 2.93. The van der Waals surface area contributed by atoms with E-state index >= 15 is 0 Å². The van der Waals surface area contributed by atoms with Gasteiger partial charge in [0.25, 0.3) is 5.91 Å². The molecule has 0 radical (unpaired) electrons. The number of hydrogen-bond donors (Lipinski definition) is 0. The first-order valence-electron chi connectivity index (χ1n) is 5.64. The summed E-state index contributed by atoms with van der Waals surface area (Å²) in [5.41, 5.74) is 0.382. The van der Waals surface area contributed by atoms with Crippen LogP contribution in [0.1, 0.15) is 41.1 Å². The van der Waals surface area contributed by atoms with Crippen molar-refractivity contribution in [1.82, 2.24) is 24.6 Å². The summed E-state index contributed by atoms with van der Waals surface area (Å²) < 4.78 is 8.68. The van der Waals surface area contributed by atoms with Crippen molar-refractivity contribution in [3.8, 4) is 0 Å². The Morgan fingerprint density at radius 2 is 2.50 bits per heavy atom. The third-order valence-corrected chi connectivity index (χ3v) is 3.44. The smallest absolute Gasteiger partial charge is 0.275 e. The quantitative estimate of drug-likeness (QED) is 0.811. The van der Waals surface area contributed by atoms with Crippen molar-refractivity contribution in [2.24, 2.45) is 0 Å². The summed E-state index contributed by atoms with van der Waals surface area (Å²) in [6.07, 6.45) is 1.78. The lowest BCUT2D eigenvalue weighted by Gasteiger charge is -2.20. The standard InChI is InChI=1S/C10H11N5O2S/c1-6-11-9(13-17-6)8-3-2-4-15(8)10(16)7-5-18-14-12-7/h5,8H,2-4H2,1H3/t8-/m0/s1. The first-order valence-corrected chi connectivity index (χ1v) is 6.47. The van der Waals surface area contributed by atoms with Crippen LogP contribution in [0.25, 0.3) is 0 Å². The van der Waals surface area contributed by atoms with Crippen molar-refractivity contribution in [3.63, 3.8) is 0 Å². The molecule has 1 aliphatic heterocycles. The molecule has 2 aromatic heterocycles. The minimum absolute atomic E-state index is 0.114. The average molecular weight is 265 g/mol. The lowest BCUT2D eigenvalue weighted by atomic mass is 10.2. The molecule has 1 saturated heterocycles. The second kappa shape index (κ2) is 4.45. The zero-order chi connectivity index (χ0) is 12.5. The molecule has 0 aliphatic carbocycles. The van der Waals surface area contributed by atoms with Crippen LogP contribution in [-0.4, -0.2) is 37.1 Å². The van der Waals surface area contributed by atoms with Crippen molar-refractivity contribution in [2.45, 2.75) is 25.8 Å². The van der Waals surface area contributed by atoms with Gasteiger partial charge >= 0.3 is 0 Å². The van der Waals surface area contributed by atoms with Gasteiger partial charge in [0.05, 0.1) is 6.04 Å². The highest BCUT2D eigenvalue weighted by Crippen LogP contribution is 2.31. The van der Waals surface area contributed by atoms with E-state index < -0.39 is 0 Å². The molecule has 1 amide bonds. The predicted octanol–water partition coefficient (Wildman–Crippen LogP) is 1.21. The first kappa shape index (κ1) is 11.3. The number of nitrogens with zero attached hydrogens (tertiary/aromatic N) is 5. The highest BCUT2D eigenvalue weighted by Gasteiger charge is 2.34. The summed E-state index contributed by atoms with van der Waals surface area (Å²) in [6, 6.07) is -0.114. The Hall–Kier alpha value is -1.83. The van der Waals surface area contributed by atoms with Gasteiger partial charge in [0, 0.05) is 18.8 Å². The molecule has 1 atom stereocenters. The van der Waals surface area contributed by atoms with Crippen molar-refractivity contribution in [3.05, 3.63) is 22.8 Å². The van der Waals surface area contributed by atoms with Crippen molar-refractivity contribution < 1.29 is 9.32 Å². The molecule has 94 valence electrons. The van der Waals surface area contributed by atoms with Crippen LogP contribution in [0.2, 0.25) is 0 Å². The maximum atomic E-state index is 12.2. The molecular formula is C10H11N5O2S. The molecule has 0 unspecified atom stereocenters. The van der Waals surface area contributed by atoms with Gasteiger partial charge in [-0.3, -0.25) is 4.79 Å². The second-order valence-corrected chi connectivity index (χ2v) is 4.73. The maximum Gasteiger partial charge on any atom is 0.275 e. The summed E-state index contributed by atoms with van der Waals surface area (Å²) in [5.74, 6) is 0.967. The van der Waals surface area contributed by atoms with Crippen LogP contribution in [0.5, 0.6) is 0 Å². The highest BCUT2D eigenvalue weighted by molar-refractivity contribution is 7.03. The van der Waals surface area contributed by atoms with Crippen LogP contribution < -0.4 is 0 Å². The van der Waals surface area contributed by atoms with Gasteiger partial charge in [0.1, 0.15) is 0 Å². The summed E-state index contributed by atoms with van der Waals surface area (Å²) in [4.78, 5) is 18.2. The van der Waals surface area contributed by atoms with E-state index in [2.05, 4.69) is 19.7 Å². The Morgan fingerprint density at radius 1 is 1.61 bits per heavy atom. The maximum absolute atomic E-state index is 12.2. The summed E-state index contributed by atoms with van der Waals surface area (Å²) in [6.45, 7) is 2.43. The molecule has 0 saturated carbocycles. The van der Waals surface area contributed by atoms with E-state index in [1.54, 1.807) is 17.2 Å². The van der Waals surface area contributed by atoms with Crippen LogP contribution in [0.4, 0.5) is 0 Å². The zero-order valence-electron chi connectivity index (χ0n) is 9.74. The van der Waals surface area contributed by atoms with E-state index in [0.717, 1.165) is 12.8 Å². The fourth-order valence-electron chi connectivity index (χ4n) is 2.13. The normalized spacial score (nSPS) is 19.4. The molecule has 18 heavy (non-hydrogen) atoms. The monoisotopic (exact) mass is 265 g/mol. The third kappa shape index (κ3) is 1.88.